The second kappa shape index (κ2) is 5.25. The van der Waals surface area contributed by atoms with E-state index in [1.54, 1.807) is 11.3 Å². The predicted octanol–water partition coefficient (Wildman–Crippen LogP) is 2.02. The van der Waals surface area contributed by atoms with Gasteiger partial charge < -0.3 is 5.32 Å². The summed E-state index contributed by atoms with van der Waals surface area (Å²) in [5.74, 6) is 0. The molecule has 0 radical (unpaired) electrons. The minimum Gasteiger partial charge on any atom is -0.310 e. The SMILES string of the molecule is Cc1csc(CN2CCC(NC(C)C)C2)n1. The van der Waals surface area contributed by atoms with Crippen LogP contribution in [0.4, 0.5) is 0 Å². The lowest BCUT2D eigenvalue weighted by Gasteiger charge is -2.17. The van der Waals surface area contributed by atoms with Crippen molar-refractivity contribution in [2.24, 2.45) is 0 Å². The van der Waals surface area contributed by atoms with Crippen LogP contribution in [0.15, 0.2) is 5.38 Å². The van der Waals surface area contributed by atoms with E-state index in [1.807, 2.05) is 0 Å². The van der Waals surface area contributed by atoms with Gasteiger partial charge in [0.15, 0.2) is 0 Å². The number of likely N-dealkylation sites (tertiary alicyclic amines) is 1. The van der Waals surface area contributed by atoms with Crippen LogP contribution in [0.2, 0.25) is 0 Å². The number of rotatable bonds is 4. The van der Waals surface area contributed by atoms with Gasteiger partial charge in [0.2, 0.25) is 0 Å². The molecule has 0 aromatic carbocycles. The molecule has 90 valence electrons. The molecule has 1 saturated heterocycles. The Hall–Kier alpha value is -0.450. The second-order valence-electron chi connectivity index (χ2n) is 4.92. The van der Waals surface area contributed by atoms with Crippen LogP contribution in [-0.4, -0.2) is 35.1 Å². The first-order valence-corrected chi connectivity index (χ1v) is 6.91. The fourth-order valence-corrected chi connectivity index (χ4v) is 3.06. The summed E-state index contributed by atoms with van der Waals surface area (Å²) in [6, 6.07) is 1.26. The van der Waals surface area contributed by atoms with Gasteiger partial charge >= 0.3 is 0 Å². The van der Waals surface area contributed by atoms with Gasteiger partial charge in [0.1, 0.15) is 5.01 Å². The molecular formula is C12H21N3S. The number of hydrogen-bond donors (Lipinski definition) is 1. The molecule has 1 aromatic heterocycles. The van der Waals surface area contributed by atoms with Gasteiger partial charge in [-0.25, -0.2) is 4.98 Å². The number of aryl methyl sites for hydroxylation is 1. The number of hydrogen-bond acceptors (Lipinski definition) is 4. The average molecular weight is 239 g/mol. The van der Waals surface area contributed by atoms with E-state index in [0.29, 0.717) is 12.1 Å². The molecule has 1 aliphatic heterocycles. The second-order valence-corrected chi connectivity index (χ2v) is 5.87. The topological polar surface area (TPSA) is 28.2 Å². The smallest absolute Gasteiger partial charge is 0.107 e. The maximum Gasteiger partial charge on any atom is 0.107 e. The highest BCUT2D eigenvalue weighted by atomic mass is 32.1. The Balaban J connectivity index is 1.80. The molecule has 1 N–H and O–H groups in total. The largest absolute Gasteiger partial charge is 0.310 e. The van der Waals surface area contributed by atoms with E-state index in [1.165, 1.54) is 18.0 Å². The van der Waals surface area contributed by atoms with E-state index in [0.717, 1.165) is 18.8 Å². The first-order valence-electron chi connectivity index (χ1n) is 6.03. The molecule has 0 saturated carbocycles. The Morgan fingerprint density at radius 1 is 1.62 bits per heavy atom. The van der Waals surface area contributed by atoms with Crippen LogP contribution in [-0.2, 0) is 6.54 Å². The fourth-order valence-electron chi connectivity index (χ4n) is 2.25. The molecule has 1 atom stereocenters. The molecule has 1 aliphatic rings. The molecule has 1 unspecified atom stereocenters. The van der Waals surface area contributed by atoms with E-state index in [2.05, 4.69) is 41.4 Å². The van der Waals surface area contributed by atoms with Gasteiger partial charge in [0.25, 0.3) is 0 Å². The van der Waals surface area contributed by atoms with Crippen molar-refractivity contribution in [3.8, 4) is 0 Å². The molecule has 1 fully saturated rings. The highest BCUT2D eigenvalue weighted by Crippen LogP contribution is 2.16. The molecule has 0 bridgehead atoms. The van der Waals surface area contributed by atoms with Crippen LogP contribution < -0.4 is 5.32 Å². The van der Waals surface area contributed by atoms with Crippen molar-refractivity contribution >= 4 is 11.3 Å². The van der Waals surface area contributed by atoms with E-state index in [4.69, 9.17) is 0 Å². The molecule has 4 heteroatoms. The van der Waals surface area contributed by atoms with Crippen LogP contribution in [0.3, 0.4) is 0 Å². The normalized spacial score (nSPS) is 22.1. The minimum absolute atomic E-state index is 0.590. The zero-order valence-electron chi connectivity index (χ0n) is 10.4. The summed E-state index contributed by atoms with van der Waals surface area (Å²) in [6.45, 7) is 9.88. The van der Waals surface area contributed by atoms with Gasteiger partial charge in [0, 0.05) is 36.2 Å². The molecular weight excluding hydrogens is 218 g/mol. The maximum atomic E-state index is 4.52. The number of aromatic nitrogens is 1. The third kappa shape index (κ3) is 3.27. The molecule has 2 heterocycles. The summed E-state index contributed by atoms with van der Waals surface area (Å²) in [5.41, 5.74) is 1.15. The molecule has 16 heavy (non-hydrogen) atoms. The van der Waals surface area contributed by atoms with Gasteiger partial charge in [-0.05, 0) is 13.3 Å². The van der Waals surface area contributed by atoms with Crippen molar-refractivity contribution in [1.29, 1.82) is 0 Å². The van der Waals surface area contributed by atoms with E-state index in [9.17, 15) is 0 Å². The van der Waals surface area contributed by atoms with Gasteiger partial charge in [-0.1, -0.05) is 13.8 Å². The van der Waals surface area contributed by atoms with Gasteiger partial charge in [-0.15, -0.1) is 11.3 Å². The van der Waals surface area contributed by atoms with Crippen molar-refractivity contribution in [2.75, 3.05) is 13.1 Å². The van der Waals surface area contributed by atoms with Crippen molar-refractivity contribution < 1.29 is 0 Å². The van der Waals surface area contributed by atoms with Crippen LogP contribution in [0, 0.1) is 6.92 Å². The summed E-state index contributed by atoms with van der Waals surface area (Å²) in [7, 11) is 0. The Morgan fingerprint density at radius 2 is 2.44 bits per heavy atom. The van der Waals surface area contributed by atoms with Crippen molar-refractivity contribution in [1.82, 2.24) is 15.2 Å². The van der Waals surface area contributed by atoms with Crippen molar-refractivity contribution in [3.05, 3.63) is 16.1 Å². The first-order chi connectivity index (χ1) is 7.63. The molecule has 0 amide bonds. The standard InChI is InChI=1S/C12H21N3S/c1-9(2)13-11-4-5-15(6-11)7-12-14-10(3)8-16-12/h8-9,11,13H,4-7H2,1-3H3. The van der Waals surface area contributed by atoms with Crippen LogP contribution in [0.1, 0.15) is 31.0 Å². The summed E-state index contributed by atoms with van der Waals surface area (Å²) >= 11 is 1.78. The van der Waals surface area contributed by atoms with Gasteiger partial charge in [-0.2, -0.15) is 0 Å². The lowest BCUT2D eigenvalue weighted by molar-refractivity contribution is 0.316. The van der Waals surface area contributed by atoms with Gasteiger partial charge in [-0.3, -0.25) is 4.90 Å². The van der Waals surface area contributed by atoms with Crippen LogP contribution >= 0.6 is 11.3 Å². The average Bonchev–Trinajstić information content (AvgIpc) is 2.76. The van der Waals surface area contributed by atoms with Crippen molar-refractivity contribution in [2.45, 2.75) is 45.8 Å². The quantitative estimate of drug-likeness (QED) is 0.871. The summed E-state index contributed by atoms with van der Waals surface area (Å²) in [5, 5.41) is 6.99. The van der Waals surface area contributed by atoms with E-state index in [-0.39, 0.29) is 0 Å². The van der Waals surface area contributed by atoms with Crippen LogP contribution in [0.25, 0.3) is 0 Å². The Labute approximate surface area is 102 Å². The van der Waals surface area contributed by atoms with Gasteiger partial charge in [0.05, 0.1) is 6.54 Å². The molecule has 0 aliphatic carbocycles. The lowest BCUT2D eigenvalue weighted by Crippen LogP contribution is -2.36. The predicted molar refractivity (Wildman–Crippen MR) is 68.8 cm³/mol. The monoisotopic (exact) mass is 239 g/mol. The third-order valence-electron chi connectivity index (χ3n) is 2.87. The Kier molecular flexibility index (Phi) is 3.95. The third-order valence-corrected chi connectivity index (χ3v) is 3.82. The number of nitrogens with zero attached hydrogens (tertiary/aromatic N) is 2. The highest BCUT2D eigenvalue weighted by molar-refractivity contribution is 7.09. The molecule has 1 aromatic rings. The zero-order valence-corrected chi connectivity index (χ0v) is 11.2. The van der Waals surface area contributed by atoms with E-state index < -0.39 is 0 Å². The minimum atomic E-state index is 0.590. The fraction of sp³-hybridized carbons (Fsp3) is 0.750. The van der Waals surface area contributed by atoms with E-state index >= 15 is 0 Å². The molecule has 2 rings (SSSR count). The maximum absolute atomic E-state index is 4.52. The van der Waals surface area contributed by atoms with Crippen molar-refractivity contribution in [3.63, 3.8) is 0 Å². The zero-order chi connectivity index (χ0) is 11.5. The highest BCUT2D eigenvalue weighted by Gasteiger charge is 2.23. The van der Waals surface area contributed by atoms with Crippen LogP contribution in [0.5, 0.6) is 0 Å². The molecule has 3 nitrogen and oxygen atoms in total. The Bertz CT molecular complexity index is 335. The number of nitrogens with one attached hydrogen (secondary N) is 1. The summed E-state index contributed by atoms with van der Waals surface area (Å²) in [6.07, 6.45) is 1.27. The first kappa shape index (κ1) is 12.0. The lowest BCUT2D eigenvalue weighted by atomic mass is 10.2. The number of thiazole rings is 1. The summed E-state index contributed by atoms with van der Waals surface area (Å²) in [4.78, 5) is 7.01. The molecule has 0 spiro atoms. The summed E-state index contributed by atoms with van der Waals surface area (Å²) < 4.78 is 0. The Morgan fingerprint density at radius 3 is 3.06 bits per heavy atom.